The van der Waals surface area contributed by atoms with Gasteiger partial charge in [-0.15, -0.1) is 0 Å². The first-order valence-corrected chi connectivity index (χ1v) is 10.3. The largest absolute Gasteiger partial charge is 0.454 e. The predicted octanol–water partition coefficient (Wildman–Crippen LogP) is 2.52. The van der Waals surface area contributed by atoms with Crippen LogP contribution in [-0.4, -0.2) is 36.0 Å². The highest BCUT2D eigenvalue weighted by atomic mass is 16.5. The van der Waals surface area contributed by atoms with Crippen LogP contribution >= 0.6 is 0 Å². The van der Waals surface area contributed by atoms with Gasteiger partial charge in [-0.3, -0.25) is 9.59 Å². The van der Waals surface area contributed by atoms with E-state index in [4.69, 9.17) is 4.74 Å². The summed E-state index contributed by atoms with van der Waals surface area (Å²) in [5.74, 6) is -1.64. The Bertz CT molecular complexity index is 948. The molecule has 7 heteroatoms. The molecule has 0 aromatic heterocycles. The van der Waals surface area contributed by atoms with Gasteiger partial charge < -0.3 is 15.4 Å². The number of hydrogen-bond acceptors (Lipinski definition) is 5. The van der Waals surface area contributed by atoms with Crippen LogP contribution in [-0.2, 0) is 20.7 Å². The smallest absolute Gasteiger partial charge is 0.329 e. The molecule has 2 amide bonds. The molecule has 0 spiro atoms. The number of rotatable bonds is 8. The summed E-state index contributed by atoms with van der Waals surface area (Å²) >= 11 is 0. The lowest BCUT2D eigenvalue weighted by Crippen LogP contribution is -2.48. The van der Waals surface area contributed by atoms with Gasteiger partial charge in [-0.05, 0) is 43.4 Å². The molecule has 0 aliphatic heterocycles. The van der Waals surface area contributed by atoms with Crippen molar-refractivity contribution in [1.29, 1.82) is 5.26 Å². The highest BCUT2D eigenvalue weighted by Gasteiger charge is 2.35. The average molecular weight is 419 g/mol. The molecule has 0 saturated heterocycles. The lowest BCUT2D eigenvalue weighted by atomic mass is 10.00. The summed E-state index contributed by atoms with van der Waals surface area (Å²) in [4.78, 5) is 37.6. The highest BCUT2D eigenvalue weighted by Crippen LogP contribution is 2.28. The second kappa shape index (κ2) is 10.4. The predicted molar refractivity (Wildman–Crippen MR) is 114 cm³/mol. The average Bonchev–Trinajstić information content (AvgIpc) is 3.27. The molecule has 2 N–H and O–H groups in total. The summed E-state index contributed by atoms with van der Waals surface area (Å²) in [5.41, 5.74) is 0.383. The Kier molecular flexibility index (Phi) is 7.39. The molecule has 0 radical (unpaired) electrons. The van der Waals surface area contributed by atoms with Crippen LogP contribution in [0.25, 0.3) is 0 Å². The van der Waals surface area contributed by atoms with Crippen molar-refractivity contribution in [2.75, 3.05) is 6.61 Å². The van der Waals surface area contributed by atoms with E-state index in [1.807, 2.05) is 30.3 Å². The van der Waals surface area contributed by atoms with Crippen molar-refractivity contribution in [2.24, 2.45) is 0 Å². The van der Waals surface area contributed by atoms with Crippen LogP contribution < -0.4 is 10.6 Å². The van der Waals surface area contributed by atoms with Gasteiger partial charge >= 0.3 is 5.97 Å². The molecule has 0 bridgehead atoms. The Hall–Kier alpha value is -3.66. The lowest BCUT2D eigenvalue weighted by Gasteiger charge is -2.22. The van der Waals surface area contributed by atoms with E-state index in [9.17, 15) is 19.6 Å². The van der Waals surface area contributed by atoms with Crippen LogP contribution in [0.3, 0.4) is 0 Å². The number of hydrogen-bond donors (Lipinski definition) is 2. The fourth-order valence-corrected chi connectivity index (χ4v) is 3.66. The quantitative estimate of drug-likeness (QED) is 0.639. The second-order valence-corrected chi connectivity index (χ2v) is 7.64. The minimum absolute atomic E-state index is 0.224. The van der Waals surface area contributed by atoms with E-state index >= 15 is 0 Å². The zero-order valence-electron chi connectivity index (χ0n) is 17.2. The zero-order chi connectivity index (χ0) is 22.1. The zero-order valence-corrected chi connectivity index (χ0v) is 17.2. The van der Waals surface area contributed by atoms with E-state index in [0.717, 1.165) is 18.4 Å². The molecule has 1 aliphatic carbocycles. The molecule has 2 aromatic carbocycles. The van der Waals surface area contributed by atoms with Gasteiger partial charge in [0, 0.05) is 12.0 Å². The van der Waals surface area contributed by atoms with Crippen LogP contribution in [0.5, 0.6) is 0 Å². The molecule has 0 heterocycles. The minimum atomic E-state index is -0.959. The first-order chi connectivity index (χ1) is 15.0. The van der Waals surface area contributed by atoms with Crippen molar-refractivity contribution in [3.8, 4) is 6.07 Å². The number of ether oxygens (including phenoxy) is 1. The van der Waals surface area contributed by atoms with Crippen molar-refractivity contribution in [3.63, 3.8) is 0 Å². The normalized spacial score (nSPS) is 15.3. The SMILES string of the molecule is N#CC1(NC(=O)COC(=O)[C@@H](Cc2ccccc2)NC(=O)c2ccccc2)CCCC1. The number of nitrogens with zero attached hydrogens (tertiary/aromatic N) is 1. The molecular weight excluding hydrogens is 394 g/mol. The lowest BCUT2D eigenvalue weighted by molar-refractivity contribution is -0.150. The Morgan fingerprint density at radius 2 is 1.61 bits per heavy atom. The molecule has 1 atom stereocenters. The second-order valence-electron chi connectivity index (χ2n) is 7.64. The van der Waals surface area contributed by atoms with Crippen LogP contribution in [0.15, 0.2) is 60.7 Å². The summed E-state index contributed by atoms with van der Waals surface area (Å²) in [6, 6.07) is 19.0. The number of amides is 2. The van der Waals surface area contributed by atoms with Crippen LogP contribution in [0.1, 0.15) is 41.6 Å². The Morgan fingerprint density at radius 3 is 2.23 bits per heavy atom. The molecule has 2 aromatic rings. The van der Waals surface area contributed by atoms with Gasteiger partial charge in [-0.25, -0.2) is 4.79 Å². The van der Waals surface area contributed by atoms with E-state index in [-0.39, 0.29) is 6.42 Å². The third-order valence-corrected chi connectivity index (χ3v) is 5.30. The molecule has 160 valence electrons. The number of nitrogens with one attached hydrogen (secondary N) is 2. The van der Waals surface area contributed by atoms with Gasteiger partial charge in [-0.1, -0.05) is 48.5 Å². The van der Waals surface area contributed by atoms with E-state index in [2.05, 4.69) is 16.7 Å². The maximum absolute atomic E-state index is 12.7. The van der Waals surface area contributed by atoms with Crippen LogP contribution in [0, 0.1) is 11.3 Å². The standard InChI is InChI=1S/C24H25N3O4/c25-17-24(13-7-8-14-24)27-21(28)16-31-23(30)20(15-18-9-3-1-4-10-18)26-22(29)19-11-5-2-6-12-19/h1-6,9-12,20H,7-8,13-16H2,(H,26,29)(H,27,28)/t20-/m1/s1. The number of carbonyl (C=O) groups excluding carboxylic acids is 3. The van der Waals surface area contributed by atoms with Gasteiger partial charge in [0.2, 0.25) is 0 Å². The Balaban J connectivity index is 1.63. The van der Waals surface area contributed by atoms with E-state index in [1.165, 1.54) is 0 Å². The molecule has 1 saturated carbocycles. The van der Waals surface area contributed by atoms with Gasteiger partial charge in [0.25, 0.3) is 11.8 Å². The van der Waals surface area contributed by atoms with Gasteiger partial charge in [0.05, 0.1) is 6.07 Å². The summed E-state index contributed by atoms with van der Waals surface area (Å²) in [6.07, 6.45) is 3.15. The topological polar surface area (TPSA) is 108 Å². The van der Waals surface area contributed by atoms with Crippen LogP contribution in [0.2, 0.25) is 0 Å². The molecule has 7 nitrogen and oxygen atoms in total. The summed E-state index contributed by atoms with van der Waals surface area (Å²) in [7, 11) is 0. The van der Waals surface area contributed by atoms with Crippen LogP contribution in [0.4, 0.5) is 0 Å². The van der Waals surface area contributed by atoms with Crippen molar-refractivity contribution >= 4 is 17.8 Å². The third-order valence-electron chi connectivity index (χ3n) is 5.30. The first kappa shape index (κ1) is 22.0. The molecule has 31 heavy (non-hydrogen) atoms. The molecule has 1 fully saturated rings. The van der Waals surface area contributed by atoms with E-state index < -0.39 is 36.0 Å². The van der Waals surface area contributed by atoms with Gasteiger partial charge in [0.15, 0.2) is 6.61 Å². The minimum Gasteiger partial charge on any atom is -0.454 e. The van der Waals surface area contributed by atoms with Crippen molar-refractivity contribution < 1.29 is 19.1 Å². The molecule has 3 rings (SSSR count). The molecular formula is C24H25N3O4. The summed E-state index contributed by atoms with van der Waals surface area (Å²) in [5, 5.41) is 14.8. The maximum atomic E-state index is 12.7. The van der Waals surface area contributed by atoms with E-state index in [0.29, 0.717) is 18.4 Å². The van der Waals surface area contributed by atoms with Gasteiger partial charge in [-0.2, -0.15) is 5.26 Å². The van der Waals surface area contributed by atoms with Crippen molar-refractivity contribution in [3.05, 3.63) is 71.8 Å². The summed E-state index contributed by atoms with van der Waals surface area (Å²) in [6.45, 7) is -0.505. The van der Waals surface area contributed by atoms with Crippen molar-refractivity contribution in [1.82, 2.24) is 10.6 Å². The summed E-state index contributed by atoms with van der Waals surface area (Å²) < 4.78 is 5.20. The Morgan fingerprint density at radius 1 is 1.00 bits per heavy atom. The number of carbonyl (C=O) groups is 3. The number of esters is 1. The number of nitriles is 1. The first-order valence-electron chi connectivity index (χ1n) is 10.3. The van der Waals surface area contributed by atoms with E-state index in [1.54, 1.807) is 30.3 Å². The number of benzene rings is 2. The third kappa shape index (κ3) is 6.16. The molecule has 0 unspecified atom stereocenters. The molecule has 1 aliphatic rings. The monoisotopic (exact) mass is 419 g/mol. The van der Waals surface area contributed by atoms with Gasteiger partial charge in [0.1, 0.15) is 11.6 Å². The van der Waals surface area contributed by atoms with Crippen molar-refractivity contribution in [2.45, 2.75) is 43.7 Å². The fraction of sp³-hybridized carbons (Fsp3) is 0.333. The fourth-order valence-electron chi connectivity index (χ4n) is 3.66. The Labute approximate surface area is 181 Å². The highest BCUT2D eigenvalue weighted by molar-refractivity contribution is 5.97. The maximum Gasteiger partial charge on any atom is 0.329 e.